The van der Waals surface area contributed by atoms with Crippen LogP contribution in [-0.4, -0.2) is 28.3 Å². The van der Waals surface area contributed by atoms with Crippen molar-refractivity contribution >= 4 is 29.6 Å². The Labute approximate surface area is 145 Å². The van der Waals surface area contributed by atoms with E-state index in [0.717, 1.165) is 42.7 Å². The molecule has 0 aliphatic carbocycles. The third kappa shape index (κ3) is 7.07. The maximum atomic E-state index is 10.8. The molecule has 1 unspecified atom stereocenters. The molecule has 2 rings (SSSR count). The average Bonchev–Trinajstić information content (AvgIpc) is 2.97. The maximum absolute atomic E-state index is 10.8. The van der Waals surface area contributed by atoms with Crippen molar-refractivity contribution in [2.24, 2.45) is 0 Å². The smallest absolute Gasteiger partial charge is 0.243 e. The van der Waals surface area contributed by atoms with Gasteiger partial charge in [0.05, 0.1) is 18.6 Å². The Morgan fingerprint density at radius 1 is 1.35 bits per heavy atom. The molecule has 1 saturated heterocycles. The largest absolute Gasteiger partial charge is 0.289 e. The number of hydrogen-bond acceptors (Lipinski definition) is 6. The van der Waals surface area contributed by atoms with Gasteiger partial charge >= 0.3 is 0 Å². The summed E-state index contributed by atoms with van der Waals surface area (Å²) in [7, 11) is 0. The topological polar surface area (TPSA) is 71.0 Å². The first-order valence-electron chi connectivity index (χ1n) is 7.62. The van der Waals surface area contributed by atoms with Crippen molar-refractivity contribution in [1.82, 2.24) is 10.7 Å². The van der Waals surface area contributed by atoms with E-state index in [9.17, 15) is 4.79 Å². The Morgan fingerprint density at radius 2 is 2.17 bits per heavy atom. The normalized spacial score (nSPS) is 18.3. The van der Waals surface area contributed by atoms with Crippen LogP contribution in [0.15, 0.2) is 24.3 Å². The summed E-state index contributed by atoms with van der Waals surface area (Å²) in [5.74, 6) is -0.337. The summed E-state index contributed by atoms with van der Waals surface area (Å²) in [6.07, 6.45) is 4.68. The van der Waals surface area contributed by atoms with Gasteiger partial charge in [0.25, 0.3) is 0 Å². The molecule has 1 amide bonds. The quantitative estimate of drug-likeness (QED) is 0.304. The lowest BCUT2D eigenvalue weighted by Crippen LogP contribution is -2.20. The molecule has 0 aromatic heterocycles. The fourth-order valence-corrected chi connectivity index (χ4v) is 3.12. The van der Waals surface area contributed by atoms with Crippen LogP contribution >= 0.6 is 23.6 Å². The van der Waals surface area contributed by atoms with E-state index in [1.165, 1.54) is 17.3 Å². The molecule has 1 heterocycles. The molecule has 1 aromatic carbocycles. The number of rotatable bonds is 9. The van der Waals surface area contributed by atoms with E-state index in [-0.39, 0.29) is 11.3 Å². The monoisotopic (exact) mass is 360 g/mol. The van der Waals surface area contributed by atoms with Crippen LogP contribution in [0.1, 0.15) is 37.7 Å². The highest BCUT2D eigenvalue weighted by molar-refractivity contribution is 7.95. The van der Waals surface area contributed by atoms with Gasteiger partial charge in [0.1, 0.15) is 0 Å². The number of nitrogens with zero attached hydrogens (tertiary/aromatic N) is 1. The molecular formula is C15H21ClN2O4S. The van der Waals surface area contributed by atoms with Crippen molar-refractivity contribution in [3.8, 4) is 0 Å². The van der Waals surface area contributed by atoms with Gasteiger partial charge < -0.3 is 0 Å². The minimum Gasteiger partial charge on any atom is -0.289 e. The van der Waals surface area contributed by atoms with Gasteiger partial charge in [-0.1, -0.05) is 41.8 Å². The zero-order valence-corrected chi connectivity index (χ0v) is 14.3. The average molecular weight is 361 g/mol. The van der Waals surface area contributed by atoms with Crippen molar-refractivity contribution in [3.63, 3.8) is 0 Å². The third-order valence-corrected chi connectivity index (χ3v) is 4.33. The van der Waals surface area contributed by atoms with Gasteiger partial charge in [-0.3, -0.25) is 14.8 Å². The summed E-state index contributed by atoms with van der Waals surface area (Å²) in [6, 6.07) is 7.71. The molecule has 6 nitrogen and oxygen atoms in total. The van der Waals surface area contributed by atoms with E-state index in [2.05, 4.69) is 0 Å². The predicted octanol–water partition coefficient (Wildman–Crippen LogP) is 3.49. The summed E-state index contributed by atoms with van der Waals surface area (Å²) in [4.78, 5) is 16.5. The molecule has 1 aliphatic heterocycles. The molecule has 1 aromatic rings. The second kappa shape index (κ2) is 10.1. The van der Waals surface area contributed by atoms with E-state index < -0.39 is 0 Å². The lowest BCUT2D eigenvalue weighted by atomic mass is 10.1. The molecule has 1 fully saturated rings. The van der Waals surface area contributed by atoms with Crippen molar-refractivity contribution < 1.29 is 19.1 Å². The number of nitrogens with one attached hydrogen (secondary N) is 1. The fourth-order valence-electron chi connectivity index (χ4n) is 2.22. The summed E-state index contributed by atoms with van der Waals surface area (Å²) >= 11 is 7.28. The van der Waals surface area contributed by atoms with Crippen molar-refractivity contribution in [2.45, 2.75) is 44.0 Å². The van der Waals surface area contributed by atoms with Crippen LogP contribution in [0.3, 0.4) is 0 Å². The predicted molar refractivity (Wildman–Crippen MR) is 88.4 cm³/mol. The van der Waals surface area contributed by atoms with Crippen molar-refractivity contribution in [1.29, 1.82) is 0 Å². The highest BCUT2D eigenvalue weighted by Gasteiger charge is 2.26. The van der Waals surface area contributed by atoms with Gasteiger partial charge in [-0.15, -0.1) is 0 Å². The number of halogens is 1. The molecule has 2 N–H and O–H groups in total. The minimum absolute atomic E-state index is 0.0679. The van der Waals surface area contributed by atoms with Gasteiger partial charge in [0, 0.05) is 17.9 Å². The summed E-state index contributed by atoms with van der Waals surface area (Å²) < 4.78 is 5.43. The molecule has 23 heavy (non-hydrogen) atoms. The first-order chi connectivity index (χ1) is 11.2. The summed E-state index contributed by atoms with van der Waals surface area (Å²) in [6.45, 7) is 0.686. The van der Waals surface area contributed by atoms with Gasteiger partial charge in [-0.2, -0.15) is 0 Å². The number of amides is 1. The van der Waals surface area contributed by atoms with Crippen LogP contribution < -0.4 is 5.48 Å². The van der Waals surface area contributed by atoms with Crippen LogP contribution in [0, 0.1) is 0 Å². The third-order valence-electron chi connectivity index (χ3n) is 3.38. The van der Waals surface area contributed by atoms with Crippen LogP contribution in [0.2, 0.25) is 5.02 Å². The number of carbonyl (C=O) groups excluding carboxylic acids is 1. The molecule has 1 atom stereocenters. The van der Waals surface area contributed by atoms with E-state index in [1.54, 1.807) is 5.48 Å². The van der Waals surface area contributed by atoms with Crippen LogP contribution in [-0.2, 0) is 20.3 Å². The standard InChI is InChI=1S/C15H21ClN2O4S/c16-13-7-5-6-12(10-13)11-15-21-18(22-23-15)9-4-2-1-3-8-14(19)17-20/h5-7,10,15,20H,1-4,8-9,11H2,(H,17,19). The molecule has 1 aliphatic rings. The number of benzene rings is 1. The zero-order chi connectivity index (χ0) is 16.5. The van der Waals surface area contributed by atoms with Gasteiger partial charge in [0.2, 0.25) is 5.91 Å². The number of unbranched alkanes of at least 4 members (excludes halogenated alkanes) is 3. The fraction of sp³-hybridized carbons (Fsp3) is 0.533. The minimum atomic E-state index is -0.337. The Kier molecular flexibility index (Phi) is 8.14. The molecule has 0 saturated carbocycles. The summed E-state index contributed by atoms with van der Waals surface area (Å²) in [5, 5.41) is 10.6. The lowest BCUT2D eigenvalue weighted by Gasteiger charge is -2.12. The lowest BCUT2D eigenvalue weighted by molar-refractivity contribution is -0.291. The zero-order valence-electron chi connectivity index (χ0n) is 12.7. The molecule has 128 valence electrons. The molecule has 0 spiro atoms. The Morgan fingerprint density at radius 3 is 2.96 bits per heavy atom. The van der Waals surface area contributed by atoms with Gasteiger partial charge in [-0.05, 0) is 30.5 Å². The van der Waals surface area contributed by atoms with Crippen molar-refractivity contribution in [2.75, 3.05) is 6.54 Å². The highest BCUT2D eigenvalue weighted by Crippen LogP contribution is 2.29. The molecule has 0 radical (unpaired) electrons. The van der Waals surface area contributed by atoms with Crippen LogP contribution in [0.25, 0.3) is 0 Å². The summed E-state index contributed by atoms with van der Waals surface area (Å²) in [5.41, 5.74) is 2.68. The first-order valence-corrected chi connectivity index (χ1v) is 8.81. The number of carbonyl (C=O) groups is 1. The van der Waals surface area contributed by atoms with Gasteiger partial charge in [0.15, 0.2) is 5.44 Å². The van der Waals surface area contributed by atoms with E-state index in [1.807, 2.05) is 24.3 Å². The van der Waals surface area contributed by atoms with E-state index in [0.29, 0.717) is 13.0 Å². The molecular weight excluding hydrogens is 340 g/mol. The molecule has 8 heteroatoms. The van der Waals surface area contributed by atoms with Gasteiger partial charge in [-0.25, -0.2) is 9.76 Å². The Balaban J connectivity index is 1.56. The second-order valence-corrected chi connectivity index (χ2v) is 6.60. The number of hydrogen-bond donors (Lipinski definition) is 2. The SMILES string of the molecule is O=C(CCCCCCN1OSC(Cc2cccc(Cl)c2)O1)NO. The van der Waals surface area contributed by atoms with E-state index >= 15 is 0 Å². The van der Waals surface area contributed by atoms with E-state index in [4.69, 9.17) is 25.9 Å². The number of hydroxylamine groups is 3. The molecule has 0 bridgehead atoms. The van der Waals surface area contributed by atoms with Crippen LogP contribution in [0.4, 0.5) is 0 Å². The van der Waals surface area contributed by atoms with Crippen molar-refractivity contribution in [3.05, 3.63) is 34.9 Å². The first kappa shape index (κ1) is 18.5. The second-order valence-electron chi connectivity index (χ2n) is 5.30. The van der Waals surface area contributed by atoms with Crippen LogP contribution in [0.5, 0.6) is 0 Å². The Hall–Kier alpha value is -0.830. The highest BCUT2D eigenvalue weighted by atomic mass is 35.5. The Bertz CT molecular complexity index is 506. The maximum Gasteiger partial charge on any atom is 0.243 e.